The molecule has 1 amide bonds. The normalized spacial score (nSPS) is 14.9. The maximum atomic E-state index is 12.2. The molecule has 4 heteroatoms. The van der Waals surface area contributed by atoms with Crippen molar-refractivity contribution in [1.82, 2.24) is 15.6 Å². The molecule has 1 aliphatic rings. The molecular weight excluding hydrogens is 250 g/mol. The summed E-state index contributed by atoms with van der Waals surface area (Å²) in [6.07, 6.45) is 4.90. The maximum Gasteiger partial charge on any atom is 0.251 e. The van der Waals surface area contributed by atoms with Crippen molar-refractivity contribution in [3.63, 3.8) is 0 Å². The van der Waals surface area contributed by atoms with Gasteiger partial charge >= 0.3 is 0 Å². The quantitative estimate of drug-likeness (QED) is 0.835. The highest BCUT2D eigenvalue weighted by Gasteiger charge is 2.08. The Bertz CT molecular complexity index is 664. The van der Waals surface area contributed by atoms with Crippen molar-refractivity contribution in [3.8, 4) is 0 Å². The Hall–Kier alpha value is -2.20. The van der Waals surface area contributed by atoms with Gasteiger partial charge in [0.05, 0.1) is 5.52 Å². The number of nitrogens with one attached hydrogen (secondary N) is 2. The third-order valence-corrected chi connectivity index (χ3v) is 3.50. The van der Waals surface area contributed by atoms with Crippen LogP contribution in [-0.2, 0) is 0 Å². The number of hydrogen-bond donors (Lipinski definition) is 2. The molecule has 2 N–H and O–H groups in total. The molecule has 1 aromatic heterocycles. The molecule has 102 valence electrons. The Kier molecular flexibility index (Phi) is 3.74. The molecule has 3 rings (SSSR count). The van der Waals surface area contributed by atoms with Gasteiger partial charge in [0.25, 0.3) is 5.91 Å². The summed E-state index contributed by atoms with van der Waals surface area (Å²) < 4.78 is 0. The summed E-state index contributed by atoms with van der Waals surface area (Å²) in [5.41, 5.74) is 2.88. The molecule has 2 heterocycles. The van der Waals surface area contributed by atoms with Gasteiger partial charge < -0.3 is 10.6 Å². The minimum Gasteiger partial charge on any atom is -0.348 e. The SMILES string of the molecule is O=C(NCC1=CCNCC1)c1ccc2ncccc2c1. The summed E-state index contributed by atoms with van der Waals surface area (Å²) in [6.45, 7) is 2.52. The first-order chi connectivity index (χ1) is 9.83. The fraction of sp³-hybridized carbons (Fsp3) is 0.250. The van der Waals surface area contributed by atoms with Crippen molar-refractivity contribution in [2.75, 3.05) is 19.6 Å². The van der Waals surface area contributed by atoms with Gasteiger partial charge in [0, 0.05) is 30.2 Å². The number of benzene rings is 1. The van der Waals surface area contributed by atoms with Crippen LogP contribution in [0.4, 0.5) is 0 Å². The lowest BCUT2D eigenvalue weighted by Gasteiger charge is -2.14. The molecule has 20 heavy (non-hydrogen) atoms. The van der Waals surface area contributed by atoms with Crippen molar-refractivity contribution < 1.29 is 4.79 Å². The highest BCUT2D eigenvalue weighted by molar-refractivity contribution is 5.97. The van der Waals surface area contributed by atoms with Crippen LogP contribution < -0.4 is 10.6 Å². The smallest absolute Gasteiger partial charge is 0.251 e. The minimum absolute atomic E-state index is 0.0322. The van der Waals surface area contributed by atoms with Gasteiger partial charge in [-0.2, -0.15) is 0 Å². The molecule has 0 radical (unpaired) electrons. The molecule has 0 bridgehead atoms. The zero-order chi connectivity index (χ0) is 13.8. The second-order valence-electron chi connectivity index (χ2n) is 4.91. The minimum atomic E-state index is -0.0322. The number of carbonyl (C=O) groups is 1. The maximum absolute atomic E-state index is 12.2. The van der Waals surface area contributed by atoms with E-state index in [0.717, 1.165) is 30.4 Å². The summed E-state index contributed by atoms with van der Waals surface area (Å²) in [4.78, 5) is 16.4. The van der Waals surface area contributed by atoms with Crippen LogP contribution in [0.25, 0.3) is 10.9 Å². The van der Waals surface area contributed by atoms with Gasteiger partial charge in [0.1, 0.15) is 0 Å². The van der Waals surface area contributed by atoms with Crippen molar-refractivity contribution in [2.24, 2.45) is 0 Å². The first-order valence-corrected chi connectivity index (χ1v) is 6.84. The molecule has 4 nitrogen and oxygen atoms in total. The number of amides is 1. The highest BCUT2D eigenvalue weighted by Crippen LogP contribution is 2.13. The summed E-state index contributed by atoms with van der Waals surface area (Å²) in [5.74, 6) is -0.0322. The average Bonchev–Trinajstić information content (AvgIpc) is 2.53. The number of aromatic nitrogens is 1. The third kappa shape index (κ3) is 2.86. The van der Waals surface area contributed by atoms with Gasteiger partial charge in [-0.25, -0.2) is 0 Å². The molecule has 1 aromatic carbocycles. The van der Waals surface area contributed by atoms with E-state index in [1.165, 1.54) is 5.57 Å². The predicted molar refractivity (Wildman–Crippen MR) is 79.6 cm³/mol. The van der Waals surface area contributed by atoms with Crippen LogP contribution >= 0.6 is 0 Å². The van der Waals surface area contributed by atoms with Crippen molar-refractivity contribution >= 4 is 16.8 Å². The van der Waals surface area contributed by atoms with Crippen LogP contribution in [0, 0.1) is 0 Å². The standard InChI is InChI=1S/C16H17N3O/c20-16(19-11-12-5-8-17-9-6-12)14-3-4-15-13(10-14)2-1-7-18-15/h1-5,7,10,17H,6,8-9,11H2,(H,19,20). The molecule has 0 aliphatic carbocycles. The van der Waals surface area contributed by atoms with Gasteiger partial charge in [-0.3, -0.25) is 9.78 Å². The summed E-state index contributed by atoms with van der Waals surface area (Å²) >= 11 is 0. The van der Waals surface area contributed by atoms with E-state index < -0.39 is 0 Å². The number of hydrogen-bond acceptors (Lipinski definition) is 3. The highest BCUT2D eigenvalue weighted by atomic mass is 16.1. The fourth-order valence-electron chi connectivity index (χ4n) is 2.34. The summed E-state index contributed by atoms with van der Waals surface area (Å²) in [5, 5.41) is 7.22. The van der Waals surface area contributed by atoms with Gasteiger partial charge in [0.15, 0.2) is 0 Å². The number of pyridine rings is 1. The Morgan fingerprint density at radius 2 is 2.30 bits per heavy atom. The van der Waals surface area contributed by atoms with Crippen molar-refractivity contribution in [3.05, 3.63) is 53.7 Å². The molecule has 0 fully saturated rings. The number of nitrogens with zero attached hydrogens (tertiary/aromatic N) is 1. The molecule has 2 aromatic rings. The molecule has 0 atom stereocenters. The number of fused-ring (bicyclic) bond motifs is 1. The van der Waals surface area contributed by atoms with E-state index in [9.17, 15) is 4.79 Å². The fourth-order valence-corrected chi connectivity index (χ4v) is 2.34. The number of carbonyl (C=O) groups excluding carboxylic acids is 1. The zero-order valence-corrected chi connectivity index (χ0v) is 11.2. The van der Waals surface area contributed by atoms with E-state index in [1.807, 2.05) is 30.3 Å². The van der Waals surface area contributed by atoms with Crippen LogP contribution in [0.1, 0.15) is 16.8 Å². The summed E-state index contributed by atoms with van der Waals surface area (Å²) in [7, 11) is 0. The van der Waals surface area contributed by atoms with Crippen LogP contribution in [-0.4, -0.2) is 30.5 Å². The molecule has 1 aliphatic heterocycles. The van der Waals surface area contributed by atoms with Gasteiger partial charge in [0.2, 0.25) is 0 Å². The topological polar surface area (TPSA) is 54.0 Å². The molecule has 0 unspecified atom stereocenters. The first kappa shape index (κ1) is 12.8. The Morgan fingerprint density at radius 1 is 1.35 bits per heavy atom. The molecule has 0 saturated heterocycles. The van der Waals surface area contributed by atoms with Gasteiger partial charge in [-0.15, -0.1) is 0 Å². The lowest BCUT2D eigenvalue weighted by Crippen LogP contribution is -2.29. The number of rotatable bonds is 3. The van der Waals surface area contributed by atoms with E-state index in [1.54, 1.807) is 6.20 Å². The Balaban J connectivity index is 1.70. The van der Waals surface area contributed by atoms with Crippen molar-refractivity contribution in [1.29, 1.82) is 0 Å². The lowest BCUT2D eigenvalue weighted by atomic mass is 10.1. The van der Waals surface area contributed by atoms with Gasteiger partial charge in [-0.05, 0) is 37.2 Å². The lowest BCUT2D eigenvalue weighted by molar-refractivity contribution is 0.0957. The van der Waals surface area contributed by atoms with E-state index >= 15 is 0 Å². The zero-order valence-electron chi connectivity index (χ0n) is 11.2. The van der Waals surface area contributed by atoms with E-state index in [-0.39, 0.29) is 5.91 Å². The first-order valence-electron chi connectivity index (χ1n) is 6.84. The van der Waals surface area contributed by atoms with Crippen LogP contribution in [0.3, 0.4) is 0 Å². The van der Waals surface area contributed by atoms with E-state index in [2.05, 4.69) is 21.7 Å². The van der Waals surface area contributed by atoms with Gasteiger partial charge in [-0.1, -0.05) is 17.7 Å². The van der Waals surface area contributed by atoms with Crippen LogP contribution in [0.15, 0.2) is 48.2 Å². The van der Waals surface area contributed by atoms with Crippen LogP contribution in [0.2, 0.25) is 0 Å². The largest absolute Gasteiger partial charge is 0.348 e. The molecule has 0 saturated carbocycles. The second-order valence-corrected chi connectivity index (χ2v) is 4.91. The predicted octanol–water partition coefficient (Wildman–Crippen LogP) is 1.88. The van der Waals surface area contributed by atoms with E-state index in [0.29, 0.717) is 12.1 Å². The third-order valence-electron chi connectivity index (χ3n) is 3.50. The Morgan fingerprint density at radius 3 is 3.15 bits per heavy atom. The summed E-state index contributed by atoms with van der Waals surface area (Å²) in [6, 6.07) is 9.43. The second kappa shape index (κ2) is 5.84. The Labute approximate surface area is 117 Å². The average molecular weight is 267 g/mol. The monoisotopic (exact) mass is 267 g/mol. The molecule has 0 spiro atoms. The van der Waals surface area contributed by atoms with Crippen molar-refractivity contribution in [2.45, 2.75) is 6.42 Å². The van der Waals surface area contributed by atoms with E-state index in [4.69, 9.17) is 0 Å². The van der Waals surface area contributed by atoms with Crippen LogP contribution in [0.5, 0.6) is 0 Å². The molecular formula is C16H17N3O.